The molecule has 0 amide bonds. The molecule has 4 heteroatoms. The number of ether oxygens (including phenoxy) is 1. The molecular weight excluding hydrogens is 192 g/mol. The second kappa shape index (κ2) is 4.79. The highest BCUT2D eigenvalue weighted by Gasteiger charge is 2.15. The zero-order valence-electron chi connectivity index (χ0n) is 8.99. The van der Waals surface area contributed by atoms with Crippen LogP contribution in [0.3, 0.4) is 0 Å². The Morgan fingerprint density at radius 3 is 2.73 bits per heavy atom. The Hall–Kier alpha value is -1.55. The molecule has 0 saturated carbocycles. The number of anilines is 1. The third kappa shape index (κ3) is 2.95. The quantitative estimate of drug-likeness (QED) is 0.564. The van der Waals surface area contributed by atoms with E-state index in [0.29, 0.717) is 12.1 Å². The van der Waals surface area contributed by atoms with Crippen LogP contribution in [0.2, 0.25) is 0 Å². The van der Waals surface area contributed by atoms with Crippen molar-refractivity contribution in [3.05, 3.63) is 29.3 Å². The third-order valence-electron chi connectivity index (χ3n) is 2.25. The summed E-state index contributed by atoms with van der Waals surface area (Å²) in [6.07, 6.45) is 0.402. The first-order chi connectivity index (χ1) is 7.04. The minimum absolute atomic E-state index is 0.402. The lowest BCUT2D eigenvalue weighted by molar-refractivity contribution is -0.142. The van der Waals surface area contributed by atoms with E-state index in [0.717, 1.165) is 11.1 Å². The van der Waals surface area contributed by atoms with Gasteiger partial charge in [-0.3, -0.25) is 4.79 Å². The molecule has 0 fully saturated rings. The second-order valence-corrected chi connectivity index (χ2v) is 3.54. The molecule has 0 saturated heterocycles. The third-order valence-corrected chi connectivity index (χ3v) is 2.25. The molecule has 4 N–H and O–H groups in total. The van der Waals surface area contributed by atoms with Gasteiger partial charge in [-0.15, -0.1) is 0 Å². The highest BCUT2D eigenvalue weighted by Crippen LogP contribution is 2.15. The minimum Gasteiger partial charge on any atom is -0.468 e. The van der Waals surface area contributed by atoms with Crippen LogP contribution in [0.1, 0.15) is 11.1 Å². The number of nitrogens with two attached hydrogens (primary N) is 2. The van der Waals surface area contributed by atoms with Crippen LogP contribution in [0, 0.1) is 6.92 Å². The van der Waals surface area contributed by atoms with Crippen LogP contribution in [0.15, 0.2) is 18.2 Å². The number of hydrogen-bond acceptors (Lipinski definition) is 4. The Morgan fingerprint density at radius 2 is 2.20 bits per heavy atom. The lowest BCUT2D eigenvalue weighted by atomic mass is 10.0. The molecule has 0 heterocycles. The van der Waals surface area contributed by atoms with Crippen LogP contribution in [-0.2, 0) is 16.0 Å². The largest absolute Gasteiger partial charge is 0.468 e. The SMILES string of the molecule is COC(=O)[C@@H](N)Cc1ccc(C)cc1N. The van der Waals surface area contributed by atoms with Crippen molar-refractivity contribution >= 4 is 11.7 Å². The molecule has 4 nitrogen and oxygen atoms in total. The van der Waals surface area contributed by atoms with E-state index in [1.54, 1.807) is 0 Å². The summed E-state index contributed by atoms with van der Waals surface area (Å²) < 4.78 is 4.54. The molecule has 1 aromatic rings. The molecule has 0 radical (unpaired) electrons. The van der Waals surface area contributed by atoms with E-state index >= 15 is 0 Å². The molecule has 0 aliphatic heterocycles. The van der Waals surface area contributed by atoms with E-state index in [1.165, 1.54) is 7.11 Å². The Morgan fingerprint density at radius 1 is 1.53 bits per heavy atom. The molecule has 1 aromatic carbocycles. The Balaban J connectivity index is 2.76. The Kier molecular flexibility index (Phi) is 3.68. The van der Waals surface area contributed by atoms with Crippen molar-refractivity contribution in [2.75, 3.05) is 12.8 Å². The zero-order valence-corrected chi connectivity index (χ0v) is 8.99. The molecule has 1 rings (SSSR count). The van der Waals surface area contributed by atoms with Crippen molar-refractivity contribution < 1.29 is 9.53 Å². The van der Waals surface area contributed by atoms with Crippen molar-refractivity contribution in [3.8, 4) is 0 Å². The number of carbonyl (C=O) groups is 1. The molecule has 0 aromatic heterocycles. The van der Waals surface area contributed by atoms with Crippen LogP contribution < -0.4 is 11.5 Å². The van der Waals surface area contributed by atoms with Crippen LogP contribution in [0.5, 0.6) is 0 Å². The number of nitrogen functional groups attached to an aromatic ring is 1. The molecule has 1 atom stereocenters. The standard InChI is InChI=1S/C11H16N2O2/c1-7-3-4-8(9(12)5-7)6-10(13)11(14)15-2/h3-5,10H,6,12-13H2,1-2H3/t10-/m0/s1. The van der Waals surface area contributed by atoms with E-state index in [4.69, 9.17) is 11.5 Å². The van der Waals surface area contributed by atoms with Crippen molar-refractivity contribution in [2.45, 2.75) is 19.4 Å². The molecule has 0 aliphatic rings. The van der Waals surface area contributed by atoms with Gasteiger partial charge >= 0.3 is 5.97 Å². The number of rotatable bonds is 3. The molecule has 0 unspecified atom stereocenters. The first-order valence-electron chi connectivity index (χ1n) is 4.73. The van der Waals surface area contributed by atoms with Crippen molar-refractivity contribution in [3.63, 3.8) is 0 Å². The maximum atomic E-state index is 11.1. The Labute approximate surface area is 89.2 Å². The topological polar surface area (TPSA) is 78.3 Å². The minimum atomic E-state index is -0.653. The number of carbonyl (C=O) groups excluding carboxylic acids is 1. The smallest absolute Gasteiger partial charge is 0.322 e. The van der Waals surface area contributed by atoms with Gasteiger partial charge in [0, 0.05) is 12.1 Å². The van der Waals surface area contributed by atoms with E-state index in [2.05, 4.69) is 4.74 Å². The summed E-state index contributed by atoms with van der Waals surface area (Å²) in [6.45, 7) is 1.96. The van der Waals surface area contributed by atoms with E-state index in [1.807, 2.05) is 25.1 Å². The summed E-state index contributed by atoms with van der Waals surface area (Å²) in [5.74, 6) is -0.421. The summed E-state index contributed by atoms with van der Waals surface area (Å²) in [6, 6.07) is 5.03. The maximum Gasteiger partial charge on any atom is 0.322 e. The van der Waals surface area contributed by atoms with Gasteiger partial charge in [0.05, 0.1) is 7.11 Å². The van der Waals surface area contributed by atoms with Gasteiger partial charge in [-0.25, -0.2) is 0 Å². The van der Waals surface area contributed by atoms with Gasteiger partial charge in [0.1, 0.15) is 6.04 Å². The average Bonchev–Trinajstić information content (AvgIpc) is 2.20. The molecule has 0 bridgehead atoms. The highest BCUT2D eigenvalue weighted by atomic mass is 16.5. The van der Waals surface area contributed by atoms with Crippen molar-refractivity contribution in [1.29, 1.82) is 0 Å². The predicted molar refractivity (Wildman–Crippen MR) is 59.3 cm³/mol. The fraction of sp³-hybridized carbons (Fsp3) is 0.364. The van der Waals surface area contributed by atoms with Crippen molar-refractivity contribution in [2.24, 2.45) is 5.73 Å². The monoisotopic (exact) mass is 208 g/mol. The maximum absolute atomic E-state index is 11.1. The predicted octanol–water partition coefficient (Wildman–Crippen LogP) is 0.620. The fourth-order valence-electron chi connectivity index (χ4n) is 1.37. The summed E-state index contributed by atoms with van der Waals surface area (Å²) in [4.78, 5) is 11.1. The van der Waals surface area contributed by atoms with E-state index in [9.17, 15) is 4.79 Å². The molecular formula is C11H16N2O2. The molecule has 0 spiro atoms. The first kappa shape index (κ1) is 11.5. The number of hydrogen-bond donors (Lipinski definition) is 2. The van der Waals surface area contributed by atoms with Gasteiger partial charge in [0.25, 0.3) is 0 Å². The number of benzene rings is 1. The van der Waals surface area contributed by atoms with Crippen LogP contribution >= 0.6 is 0 Å². The average molecular weight is 208 g/mol. The molecule has 15 heavy (non-hydrogen) atoms. The molecule has 82 valence electrons. The van der Waals surface area contributed by atoms with E-state index < -0.39 is 12.0 Å². The van der Waals surface area contributed by atoms with E-state index in [-0.39, 0.29) is 0 Å². The summed E-state index contributed by atoms with van der Waals surface area (Å²) in [7, 11) is 1.32. The first-order valence-corrected chi connectivity index (χ1v) is 4.73. The number of esters is 1. The number of aryl methyl sites for hydroxylation is 1. The molecule has 0 aliphatic carbocycles. The van der Waals surface area contributed by atoms with Gasteiger partial charge in [0.15, 0.2) is 0 Å². The van der Waals surface area contributed by atoms with Crippen LogP contribution in [0.4, 0.5) is 5.69 Å². The lowest BCUT2D eigenvalue weighted by Crippen LogP contribution is -2.33. The summed E-state index contributed by atoms with van der Waals surface area (Å²) in [5.41, 5.74) is 14.1. The summed E-state index contributed by atoms with van der Waals surface area (Å²) >= 11 is 0. The normalized spacial score (nSPS) is 12.2. The lowest BCUT2D eigenvalue weighted by Gasteiger charge is -2.11. The zero-order chi connectivity index (χ0) is 11.4. The van der Waals surface area contributed by atoms with Gasteiger partial charge < -0.3 is 16.2 Å². The Bertz CT molecular complexity index is 364. The van der Waals surface area contributed by atoms with Crippen molar-refractivity contribution in [1.82, 2.24) is 0 Å². The van der Waals surface area contributed by atoms with Crippen LogP contribution in [0.25, 0.3) is 0 Å². The van der Waals surface area contributed by atoms with Gasteiger partial charge in [-0.2, -0.15) is 0 Å². The van der Waals surface area contributed by atoms with Gasteiger partial charge in [-0.05, 0) is 24.1 Å². The highest BCUT2D eigenvalue weighted by molar-refractivity contribution is 5.76. The second-order valence-electron chi connectivity index (χ2n) is 3.54. The fourth-order valence-corrected chi connectivity index (χ4v) is 1.37. The van der Waals surface area contributed by atoms with Crippen LogP contribution in [-0.4, -0.2) is 19.1 Å². The number of methoxy groups -OCH3 is 1. The van der Waals surface area contributed by atoms with Gasteiger partial charge in [-0.1, -0.05) is 12.1 Å². The van der Waals surface area contributed by atoms with Gasteiger partial charge in [0.2, 0.25) is 0 Å². The summed E-state index contributed by atoms with van der Waals surface area (Å²) in [5, 5.41) is 0.